The summed E-state index contributed by atoms with van der Waals surface area (Å²) in [5, 5.41) is 2.78. The lowest BCUT2D eigenvalue weighted by molar-refractivity contribution is -0.0128. The summed E-state index contributed by atoms with van der Waals surface area (Å²) in [6.45, 7) is 7.99. The molecule has 0 aliphatic rings. The van der Waals surface area contributed by atoms with Gasteiger partial charge in [0, 0.05) is 24.7 Å². The molecule has 2 aromatic rings. The highest BCUT2D eigenvalue weighted by atomic mass is 19.3. The van der Waals surface area contributed by atoms with Crippen LogP contribution in [0.3, 0.4) is 0 Å². The molecule has 1 heterocycles. The van der Waals surface area contributed by atoms with E-state index in [1.165, 1.54) is 19.2 Å². The van der Waals surface area contributed by atoms with E-state index >= 15 is 0 Å². The average Bonchev–Trinajstić information content (AvgIpc) is 2.59. The summed E-state index contributed by atoms with van der Waals surface area (Å²) in [5.41, 5.74) is 2.18. The Morgan fingerprint density at radius 3 is 2.20 bits per heavy atom. The van der Waals surface area contributed by atoms with Gasteiger partial charge >= 0.3 is 0 Å². The zero-order valence-corrected chi connectivity index (χ0v) is 15.1. The molecule has 0 saturated carbocycles. The second-order valence-corrected chi connectivity index (χ2v) is 7.12. The molecule has 25 heavy (non-hydrogen) atoms. The van der Waals surface area contributed by atoms with E-state index in [0.29, 0.717) is 11.1 Å². The van der Waals surface area contributed by atoms with Crippen LogP contribution < -0.4 is 5.32 Å². The number of hydrogen-bond donors (Lipinski definition) is 1. The van der Waals surface area contributed by atoms with E-state index in [0.717, 1.165) is 5.56 Å². The average molecular weight is 346 g/mol. The third kappa shape index (κ3) is 4.84. The molecule has 1 aromatic carbocycles. The van der Waals surface area contributed by atoms with E-state index < -0.39 is 5.92 Å². The number of aromatic nitrogens is 1. The molecular weight excluding hydrogens is 322 g/mol. The zero-order chi connectivity index (χ0) is 18.7. The summed E-state index contributed by atoms with van der Waals surface area (Å²) >= 11 is 0. The van der Waals surface area contributed by atoms with Crippen molar-refractivity contribution in [2.45, 2.75) is 52.0 Å². The first-order valence-corrected chi connectivity index (χ1v) is 8.35. The smallest absolute Gasteiger partial charge is 0.289 e. The molecule has 0 aliphatic heterocycles. The molecule has 0 bridgehead atoms. The van der Waals surface area contributed by atoms with Gasteiger partial charge in [0.05, 0.1) is 0 Å². The molecule has 2 rings (SSSR count). The molecular formula is C20H24F2N2O. The SMILES string of the molecule is CCC(F)(F)c1ccc(CNC(=O)c2ccc(C(C)(C)C)cc2)cn1. The van der Waals surface area contributed by atoms with Crippen LogP contribution in [0, 0.1) is 0 Å². The van der Waals surface area contributed by atoms with Crippen LogP contribution in [0.2, 0.25) is 0 Å². The summed E-state index contributed by atoms with van der Waals surface area (Å²) in [5.74, 6) is -3.13. The number of alkyl halides is 2. The maximum Gasteiger partial charge on any atom is 0.289 e. The van der Waals surface area contributed by atoms with Crippen LogP contribution in [0.25, 0.3) is 0 Å². The molecule has 1 amide bonds. The first-order valence-electron chi connectivity index (χ1n) is 8.35. The summed E-state index contributed by atoms with van der Waals surface area (Å²) in [6, 6.07) is 10.3. The molecule has 0 saturated heterocycles. The largest absolute Gasteiger partial charge is 0.348 e. The fourth-order valence-electron chi connectivity index (χ4n) is 2.33. The minimum atomic E-state index is -2.92. The Balaban J connectivity index is 1.98. The Morgan fingerprint density at radius 1 is 1.08 bits per heavy atom. The number of nitrogens with zero attached hydrogens (tertiary/aromatic N) is 1. The van der Waals surface area contributed by atoms with Gasteiger partial charge < -0.3 is 5.32 Å². The molecule has 0 atom stereocenters. The van der Waals surface area contributed by atoms with Crippen molar-refractivity contribution in [1.29, 1.82) is 0 Å². The van der Waals surface area contributed by atoms with E-state index in [1.54, 1.807) is 18.2 Å². The number of halogens is 2. The van der Waals surface area contributed by atoms with Crippen LogP contribution in [0.1, 0.15) is 61.3 Å². The Bertz CT molecular complexity index is 717. The van der Waals surface area contributed by atoms with Crippen molar-refractivity contribution in [3.05, 3.63) is 65.0 Å². The number of carbonyl (C=O) groups excluding carboxylic acids is 1. The van der Waals surface area contributed by atoms with Crippen LogP contribution in [-0.4, -0.2) is 10.9 Å². The predicted octanol–water partition coefficient (Wildman–Crippen LogP) is 4.81. The monoisotopic (exact) mass is 346 g/mol. The number of pyridine rings is 1. The van der Waals surface area contributed by atoms with Gasteiger partial charge in [-0.2, -0.15) is 8.78 Å². The fraction of sp³-hybridized carbons (Fsp3) is 0.400. The quantitative estimate of drug-likeness (QED) is 0.844. The van der Waals surface area contributed by atoms with E-state index in [9.17, 15) is 13.6 Å². The van der Waals surface area contributed by atoms with Gasteiger partial charge in [0.15, 0.2) is 0 Å². The second-order valence-electron chi connectivity index (χ2n) is 7.12. The zero-order valence-electron chi connectivity index (χ0n) is 15.1. The Hall–Kier alpha value is -2.30. The number of benzene rings is 1. The highest BCUT2D eigenvalue weighted by Gasteiger charge is 2.30. The van der Waals surface area contributed by atoms with Gasteiger partial charge in [-0.05, 0) is 34.7 Å². The number of nitrogens with one attached hydrogen (secondary N) is 1. The van der Waals surface area contributed by atoms with Crippen LogP contribution in [0.15, 0.2) is 42.6 Å². The lowest BCUT2D eigenvalue weighted by Crippen LogP contribution is -2.23. The van der Waals surface area contributed by atoms with Gasteiger partial charge in [0.1, 0.15) is 5.69 Å². The molecule has 3 nitrogen and oxygen atoms in total. The Morgan fingerprint density at radius 2 is 1.72 bits per heavy atom. The topological polar surface area (TPSA) is 42.0 Å². The van der Waals surface area contributed by atoms with E-state index in [2.05, 4.69) is 31.1 Å². The Kier molecular flexibility index (Phi) is 5.55. The summed E-state index contributed by atoms with van der Waals surface area (Å²) < 4.78 is 27.1. The molecule has 0 spiro atoms. The summed E-state index contributed by atoms with van der Waals surface area (Å²) in [7, 11) is 0. The van der Waals surface area contributed by atoms with Gasteiger partial charge in [-0.1, -0.05) is 45.9 Å². The molecule has 134 valence electrons. The summed E-state index contributed by atoms with van der Waals surface area (Å²) in [6.07, 6.45) is 1.09. The highest BCUT2D eigenvalue weighted by molar-refractivity contribution is 5.94. The normalized spacial score (nSPS) is 12.1. The van der Waals surface area contributed by atoms with Crippen molar-refractivity contribution in [3.8, 4) is 0 Å². The van der Waals surface area contributed by atoms with Gasteiger partial charge in [-0.3, -0.25) is 9.78 Å². The van der Waals surface area contributed by atoms with Crippen molar-refractivity contribution in [2.75, 3.05) is 0 Å². The fourth-order valence-corrected chi connectivity index (χ4v) is 2.33. The maximum atomic E-state index is 13.5. The van der Waals surface area contributed by atoms with Gasteiger partial charge in [0.2, 0.25) is 0 Å². The first kappa shape index (κ1) is 19.0. The van der Waals surface area contributed by atoms with Crippen molar-refractivity contribution in [1.82, 2.24) is 10.3 Å². The van der Waals surface area contributed by atoms with Crippen molar-refractivity contribution >= 4 is 5.91 Å². The highest BCUT2D eigenvalue weighted by Crippen LogP contribution is 2.29. The molecule has 0 radical (unpaired) electrons. The maximum absolute atomic E-state index is 13.5. The number of amides is 1. The molecule has 0 fully saturated rings. The second kappa shape index (κ2) is 7.30. The first-order chi connectivity index (χ1) is 11.6. The predicted molar refractivity (Wildman–Crippen MR) is 94.7 cm³/mol. The van der Waals surface area contributed by atoms with Crippen LogP contribution >= 0.6 is 0 Å². The van der Waals surface area contributed by atoms with Gasteiger partial charge in [0.25, 0.3) is 11.8 Å². The van der Waals surface area contributed by atoms with Crippen molar-refractivity contribution in [3.63, 3.8) is 0 Å². The van der Waals surface area contributed by atoms with Crippen LogP contribution in [0.4, 0.5) is 8.78 Å². The number of rotatable bonds is 5. The van der Waals surface area contributed by atoms with Crippen molar-refractivity contribution < 1.29 is 13.6 Å². The van der Waals surface area contributed by atoms with Crippen LogP contribution in [0.5, 0.6) is 0 Å². The molecule has 0 aliphatic carbocycles. The minimum absolute atomic E-state index is 0.0307. The lowest BCUT2D eigenvalue weighted by atomic mass is 9.87. The molecule has 1 aromatic heterocycles. The van der Waals surface area contributed by atoms with E-state index in [4.69, 9.17) is 0 Å². The lowest BCUT2D eigenvalue weighted by Gasteiger charge is -2.19. The number of hydrogen-bond acceptors (Lipinski definition) is 2. The Labute approximate surface area is 147 Å². The van der Waals surface area contributed by atoms with E-state index in [1.807, 2.05) is 12.1 Å². The third-order valence-electron chi connectivity index (χ3n) is 4.11. The van der Waals surface area contributed by atoms with Gasteiger partial charge in [-0.25, -0.2) is 0 Å². The molecule has 5 heteroatoms. The molecule has 1 N–H and O–H groups in total. The minimum Gasteiger partial charge on any atom is -0.348 e. The van der Waals surface area contributed by atoms with E-state index in [-0.39, 0.29) is 30.0 Å². The van der Waals surface area contributed by atoms with Crippen LogP contribution in [-0.2, 0) is 17.9 Å². The molecule has 0 unspecified atom stereocenters. The van der Waals surface area contributed by atoms with Gasteiger partial charge in [-0.15, -0.1) is 0 Å². The third-order valence-corrected chi connectivity index (χ3v) is 4.11. The standard InChI is InChI=1S/C20H24F2N2O/c1-5-20(21,22)17-11-6-14(12-23-17)13-24-18(25)15-7-9-16(10-8-15)19(2,3)4/h6-12H,5,13H2,1-4H3,(H,24,25). The number of carbonyl (C=O) groups is 1. The summed E-state index contributed by atoms with van der Waals surface area (Å²) in [4.78, 5) is 16.0. The van der Waals surface area contributed by atoms with Crippen molar-refractivity contribution in [2.24, 2.45) is 0 Å².